The largest absolute Gasteiger partial charge is 0.481 e. The van der Waals surface area contributed by atoms with Crippen LogP contribution in [0.1, 0.15) is 25.5 Å². The third-order valence-electron chi connectivity index (χ3n) is 5.23. The van der Waals surface area contributed by atoms with E-state index < -0.39 is 30.5 Å². The van der Waals surface area contributed by atoms with Crippen molar-refractivity contribution in [2.45, 2.75) is 43.8 Å². The van der Waals surface area contributed by atoms with Crippen LogP contribution in [0.15, 0.2) is 17.6 Å². The minimum atomic E-state index is -1.23. The molecule has 14 heteroatoms. The van der Waals surface area contributed by atoms with Gasteiger partial charge in [-0.2, -0.15) is 0 Å². The van der Waals surface area contributed by atoms with Gasteiger partial charge in [-0.15, -0.1) is 0 Å². The Kier molecular flexibility index (Phi) is 7.74. The van der Waals surface area contributed by atoms with E-state index in [0.717, 1.165) is 0 Å². The maximum absolute atomic E-state index is 10.9. The smallest absolute Gasteiger partial charge is 0.303 e. The molecule has 2 aromatic heterocycles. The number of ether oxygens (including phenoxy) is 1. The van der Waals surface area contributed by atoms with E-state index >= 15 is 0 Å². The molecule has 0 radical (unpaired) electrons. The highest BCUT2D eigenvalue weighted by atomic mass is 16.6. The molecule has 14 nitrogen and oxygen atoms in total. The summed E-state index contributed by atoms with van der Waals surface area (Å²) in [6.45, 7) is 1.72. The molecule has 0 aromatic carbocycles. The maximum atomic E-state index is 10.9. The third-order valence-corrected chi connectivity index (χ3v) is 5.23. The van der Waals surface area contributed by atoms with Crippen LogP contribution >= 0.6 is 0 Å². The van der Waals surface area contributed by atoms with E-state index in [-0.39, 0.29) is 24.7 Å². The molecule has 0 spiro atoms. The van der Waals surface area contributed by atoms with Gasteiger partial charge in [0, 0.05) is 26.1 Å². The van der Waals surface area contributed by atoms with Crippen LogP contribution in [0.2, 0.25) is 0 Å². The molecule has 1 fully saturated rings. The predicted molar refractivity (Wildman–Crippen MR) is 114 cm³/mol. The first-order valence-corrected chi connectivity index (χ1v) is 10.2. The van der Waals surface area contributed by atoms with E-state index in [1.165, 1.54) is 17.2 Å². The van der Waals surface area contributed by atoms with Gasteiger partial charge < -0.3 is 42.2 Å². The number of guanidine groups is 1. The minimum absolute atomic E-state index is 0.0000513. The molecule has 0 saturated carbocycles. The zero-order valence-corrected chi connectivity index (χ0v) is 17.5. The fourth-order valence-electron chi connectivity index (χ4n) is 3.67. The summed E-state index contributed by atoms with van der Waals surface area (Å²) in [6.07, 6.45) is -0.253. The Bertz CT molecular complexity index is 948. The Morgan fingerprint density at radius 2 is 1.94 bits per heavy atom. The number of aliphatic hydroxyl groups excluding tert-OH is 2. The number of aliphatic carboxylic acids is 1. The number of carbonyl (C=O) groups is 1. The zero-order valence-electron chi connectivity index (χ0n) is 17.5. The Hall–Kier alpha value is -3.07. The van der Waals surface area contributed by atoms with Crippen molar-refractivity contribution in [3.05, 3.63) is 12.7 Å². The number of hydrogen-bond donors (Lipinski definition) is 6. The molecule has 0 unspecified atom stereocenters. The molecule has 1 aliphatic heterocycles. The molecule has 2 aromatic rings. The summed E-state index contributed by atoms with van der Waals surface area (Å²) in [6, 6.07) is 0. The number of nitrogens with two attached hydrogens (primary N) is 3. The van der Waals surface area contributed by atoms with Gasteiger partial charge in [-0.25, -0.2) is 15.0 Å². The van der Waals surface area contributed by atoms with Crippen molar-refractivity contribution in [1.82, 2.24) is 24.4 Å². The fraction of sp³-hybridized carbons (Fsp3) is 0.611. The van der Waals surface area contributed by atoms with Crippen LogP contribution in [-0.4, -0.2) is 96.2 Å². The Labute approximate surface area is 183 Å². The Morgan fingerprint density at radius 1 is 1.19 bits per heavy atom. The van der Waals surface area contributed by atoms with Gasteiger partial charge in [0.15, 0.2) is 23.7 Å². The predicted octanol–water partition coefficient (Wildman–Crippen LogP) is -2.14. The van der Waals surface area contributed by atoms with Gasteiger partial charge in [-0.1, -0.05) is 0 Å². The van der Waals surface area contributed by atoms with Gasteiger partial charge >= 0.3 is 5.97 Å². The van der Waals surface area contributed by atoms with Gasteiger partial charge in [0.25, 0.3) is 0 Å². The van der Waals surface area contributed by atoms with Gasteiger partial charge in [0.2, 0.25) is 0 Å². The van der Waals surface area contributed by atoms with Gasteiger partial charge in [-0.05, 0) is 19.4 Å². The summed E-state index contributed by atoms with van der Waals surface area (Å²) in [4.78, 5) is 29.0. The van der Waals surface area contributed by atoms with Crippen LogP contribution in [0, 0.1) is 0 Å². The van der Waals surface area contributed by atoms with Gasteiger partial charge in [0.05, 0.1) is 6.33 Å². The number of nitrogens with zero attached hydrogens (tertiary/aromatic N) is 6. The number of carboxylic acid groups (broad SMARTS) is 1. The molecule has 0 aliphatic carbocycles. The summed E-state index contributed by atoms with van der Waals surface area (Å²) >= 11 is 0. The number of aliphatic imine (C=N–C) groups is 1. The third kappa shape index (κ3) is 5.59. The van der Waals surface area contributed by atoms with Crippen molar-refractivity contribution >= 4 is 28.9 Å². The average molecular weight is 451 g/mol. The highest BCUT2D eigenvalue weighted by Gasteiger charge is 2.44. The molecular weight excluding hydrogens is 422 g/mol. The molecule has 0 bridgehead atoms. The monoisotopic (exact) mass is 451 g/mol. The van der Waals surface area contributed by atoms with Crippen LogP contribution in [0.4, 0.5) is 5.82 Å². The van der Waals surface area contributed by atoms with Crippen LogP contribution in [-0.2, 0) is 9.53 Å². The quantitative estimate of drug-likeness (QED) is 0.122. The molecule has 0 amide bonds. The first kappa shape index (κ1) is 23.6. The van der Waals surface area contributed by atoms with Crippen LogP contribution in [0.5, 0.6) is 0 Å². The van der Waals surface area contributed by atoms with Crippen LogP contribution in [0.25, 0.3) is 11.2 Å². The number of rotatable bonds is 11. The molecule has 1 aliphatic rings. The van der Waals surface area contributed by atoms with E-state index in [0.29, 0.717) is 43.6 Å². The van der Waals surface area contributed by atoms with Crippen LogP contribution in [0.3, 0.4) is 0 Å². The summed E-state index contributed by atoms with van der Waals surface area (Å²) < 4.78 is 7.49. The van der Waals surface area contributed by atoms with Crippen molar-refractivity contribution in [2.75, 3.05) is 31.9 Å². The number of aliphatic hydroxyl groups is 2. The highest BCUT2D eigenvalue weighted by Crippen LogP contribution is 2.32. The second kappa shape index (κ2) is 10.5. The minimum Gasteiger partial charge on any atom is -0.481 e. The van der Waals surface area contributed by atoms with E-state index in [1.807, 2.05) is 4.90 Å². The molecule has 176 valence electrons. The second-order valence-electron chi connectivity index (χ2n) is 7.59. The van der Waals surface area contributed by atoms with E-state index in [9.17, 15) is 15.0 Å². The Balaban J connectivity index is 1.69. The Morgan fingerprint density at radius 3 is 2.66 bits per heavy atom. The standard InChI is InChI=1S/C18H29N9O5/c19-15-12-16(24-8-23-15)27(9-25-12)17-14(31)13(30)10(32-17)7-26(5-1-3-11(28)29)6-2-4-22-18(20)21/h8-10,13-14,17,30-31H,1-7H2,(H,28,29)(H2,19,23,24)(H4,20,21,22)/t10-,13-,14-,17-/m1/s1. The number of fused-ring (bicyclic) bond motifs is 1. The lowest BCUT2D eigenvalue weighted by atomic mass is 10.1. The molecule has 4 atom stereocenters. The lowest BCUT2D eigenvalue weighted by Gasteiger charge is -2.26. The molecule has 3 rings (SSSR count). The average Bonchev–Trinajstić information content (AvgIpc) is 3.28. The highest BCUT2D eigenvalue weighted by molar-refractivity contribution is 5.81. The van der Waals surface area contributed by atoms with Gasteiger partial charge in [0.1, 0.15) is 30.2 Å². The number of imidazole rings is 1. The first-order valence-electron chi connectivity index (χ1n) is 10.2. The lowest BCUT2D eigenvalue weighted by molar-refractivity contribution is -0.137. The summed E-state index contributed by atoms with van der Waals surface area (Å²) in [5.74, 6) is -0.685. The first-order chi connectivity index (χ1) is 15.3. The fourth-order valence-corrected chi connectivity index (χ4v) is 3.67. The van der Waals surface area contributed by atoms with E-state index in [1.54, 1.807) is 0 Å². The molecule has 1 saturated heterocycles. The number of anilines is 1. The lowest BCUT2D eigenvalue weighted by Crippen LogP contribution is -2.41. The number of carboxylic acids is 1. The molecule has 3 heterocycles. The summed E-state index contributed by atoms with van der Waals surface area (Å²) in [5.41, 5.74) is 17.3. The van der Waals surface area contributed by atoms with Crippen molar-refractivity contribution in [1.29, 1.82) is 0 Å². The molecular formula is C18H29N9O5. The normalized spacial score (nSPS) is 23.1. The summed E-state index contributed by atoms with van der Waals surface area (Å²) in [7, 11) is 0. The van der Waals surface area contributed by atoms with Crippen LogP contribution < -0.4 is 17.2 Å². The molecule has 32 heavy (non-hydrogen) atoms. The van der Waals surface area contributed by atoms with Gasteiger partial charge in [-0.3, -0.25) is 14.4 Å². The zero-order chi connectivity index (χ0) is 23.3. The summed E-state index contributed by atoms with van der Waals surface area (Å²) in [5, 5.41) is 30.2. The van der Waals surface area contributed by atoms with E-state index in [4.69, 9.17) is 27.0 Å². The van der Waals surface area contributed by atoms with Crippen molar-refractivity contribution in [2.24, 2.45) is 16.5 Å². The molecule has 9 N–H and O–H groups in total. The van der Waals surface area contributed by atoms with Crippen molar-refractivity contribution in [3.63, 3.8) is 0 Å². The van der Waals surface area contributed by atoms with E-state index in [2.05, 4.69) is 19.9 Å². The number of aromatic nitrogens is 4. The second-order valence-corrected chi connectivity index (χ2v) is 7.59. The topological polar surface area (TPSA) is 224 Å². The number of hydrogen-bond acceptors (Lipinski definition) is 10. The SMILES string of the molecule is NC(N)=NCCCN(CCCC(=O)O)C[C@H]1O[C@@H](n2cnc3c(N)ncnc32)[C@H](O)[C@@H]1O. The maximum Gasteiger partial charge on any atom is 0.303 e. The van der Waals surface area contributed by atoms with Crippen molar-refractivity contribution in [3.8, 4) is 0 Å². The van der Waals surface area contributed by atoms with Crippen molar-refractivity contribution < 1.29 is 24.9 Å². The number of nitrogen functional groups attached to an aromatic ring is 1.